The van der Waals surface area contributed by atoms with E-state index in [4.69, 9.17) is 0 Å². The molecule has 0 atom stereocenters. The molecule has 186 valence electrons. The van der Waals surface area contributed by atoms with Crippen molar-refractivity contribution in [2.75, 3.05) is 0 Å². The van der Waals surface area contributed by atoms with Gasteiger partial charge in [0.25, 0.3) is 20.2 Å². The molecule has 0 heterocycles. The molecular weight excluding hydrogens is 542 g/mol. The second-order valence-electron chi connectivity index (χ2n) is 7.95. The molecule has 0 aliphatic carbocycles. The first-order valence-corrected chi connectivity index (χ1v) is 13.7. The van der Waals surface area contributed by atoms with Gasteiger partial charge in [0, 0.05) is 11.1 Å². The summed E-state index contributed by atoms with van der Waals surface area (Å²) in [5, 5.41) is 0. The fourth-order valence-corrected chi connectivity index (χ4v) is 5.15. The van der Waals surface area contributed by atoms with Gasteiger partial charge in [0.15, 0.2) is 0 Å². The third kappa shape index (κ3) is 8.59. The van der Waals surface area contributed by atoms with E-state index in [1.54, 1.807) is 36.4 Å². The average molecular weight is 567 g/mol. The molecule has 0 bridgehead atoms. The summed E-state index contributed by atoms with van der Waals surface area (Å²) in [6.45, 7) is 0. The van der Waals surface area contributed by atoms with Gasteiger partial charge in [0.2, 0.25) is 0 Å². The first-order valence-electron chi connectivity index (χ1n) is 10.8. The van der Waals surface area contributed by atoms with E-state index in [-0.39, 0.29) is 73.1 Å². The molecule has 0 aliphatic rings. The second-order valence-corrected chi connectivity index (χ2v) is 10.7. The topological polar surface area (TPSA) is 109 Å². The van der Waals surface area contributed by atoms with Crippen molar-refractivity contribution in [2.45, 2.75) is 9.79 Å². The van der Waals surface area contributed by atoms with Gasteiger partial charge in [-0.15, -0.1) is 0 Å². The van der Waals surface area contributed by atoms with Crippen LogP contribution in [0.3, 0.4) is 0 Å². The zero-order valence-electron chi connectivity index (χ0n) is 22.9. The fraction of sp³-hybridized carbons (Fsp3) is 0. The van der Waals surface area contributed by atoms with Crippen molar-refractivity contribution >= 4 is 44.5 Å². The Morgan fingerprint density at radius 2 is 0.789 bits per heavy atom. The van der Waals surface area contributed by atoms with Crippen molar-refractivity contribution in [3.8, 4) is 11.1 Å². The van der Waals surface area contributed by atoms with Crippen molar-refractivity contribution < 1.29 is 87.9 Å². The van der Waals surface area contributed by atoms with Crippen molar-refractivity contribution in [3.63, 3.8) is 0 Å². The molecule has 0 saturated carbocycles. The third-order valence-electron chi connectivity index (χ3n) is 5.39. The summed E-state index contributed by atoms with van der Waals surface area (Å²) in [7, 11) is -9.46. The van der Waals surface area contributed by atoms with Gasteiger partial charge < -0.3 is 2.85 Å². The molecule has 0 amide bonds. The van der Waals surface area contributed by atoms with Gasteiger partial charge in [0.1, 0.15) is 9.79 Å². The maximum Gasteiger partial charge on any atom is 1.00 e. The molecule has 0 aromatic heterocycles. The molecule has 0 fully saturated rings. The maximum absolute atomic E-state index is 12.2. The minimum Gasteiger partial charge on any atom is -1.00 e. The molecule has 0 aliphatic heterocycles. The van der Waals surface area contributed by atoms with Crippen LogP contribution in [0.4, 0.5) is 0 Å². The molecule has 10 heteroatoms. The maximum atomic E-state index is 12.2. The van der Waals surface area contributed by atoms with Crippen LogP contribution in [0.25, 0.3) is 35.4 Å². The quantitative estimate of drug-likeness (QED) is 0.191. The van der Waals surface area contributed by atoms with Crippen molar-refractivity contribution in [3.05, 3.63) is 119 Å². The Bertz CT molecular complexity index is 1550. The summed E-state index contributed by atoms with van der Waals surface area (Å²) >= 11 is 0. The van der Waals surface area contributed by atoms with Crippen LogP contribution >= 0.6 is 0 Å². The number of benzene rings is 4. The van der Waals surface area contributed by atoms with Crippen molar-refractivity contribution in [2.24, 2.45) is 0 Å². The zero-order chi connectivity index (χ0) is 25.8. The fourth-order valence-electron chi connectivity index (χ4n) is 3.67. The summed E-state index contributed by atoms with van der Waals surface area (Å²) < 4.78 is 68.8. The molecule has 4 aromatic rings. The molecule has 0 saturated heterocycles. The Labute approximate surface area is 270 Å². The number of rotatable bonds is 7. The Morgan fingerprint density at radius 1 is 0.474 bits per heavy atom. The van der Waals surface area contributed by atoms with Gasteiger partial charge in [-0.1, -0.05) is 109 Å². The molecule has 38 heavy (non-hydrogen) atoms. The van der Waals surface area contributed by atoms with Crippen LogP contribution in [-0.4, -0.2) is 25.9 Å². The van der Waals surface area contributed by atoms with Gasteiger partial charge in [-0.2, -0.15) is 16.8 Å². The molecule has 0 unspecified atom stereocenters. The van der Waals surface area contributed by atoms with E-state index in [1.165, 1.54) is 24.3 Å². The molecule has 0 radical (unpaired) electrons. The van der Waals surface area contributed by atoms with E-state index in [1.807, 2.05) is 60.7 Å². The Hall–Kier alpha value is -1.82. The summed E-state index contributed by atoms with van der Waals surface area (Å²) in [5.41, 5.74) is 2.63. The molecule has 4 rings (SSSR count). The van der Waals surface area contributed by atoms with Gasteiger partial charge >= 0.3 is 59.1 Å². The molecule has 2 N–H and O–H groups in total. The summed E-state index contributed by atoms with van der Waals surface area (Å²) in [6.07, 6.45) is 6.91. The van der Waals surface area contributed by atoms with E-state index >= 15 is 0 Å². The van der Waals surface area contributed by atoms with E-state index in [9.17, 15) is 25.9 Å². The predicted molar refractivity (Wildman–Crippen MR) is 144 cm³/mol. The first kappa shape index (κ1) is 32.4. The predicted octanol–water partition coefficient (Wildman–Crippen LogP) is 0.421. The van der Waals surface area contributed by atoms with Gasteiger partial charge in [-0.3, -0.25) is 9.11 Å². The van der Waals surface area contributed by atoms with Gasteiger partial charge in [-0.05, 0) is 34.4 Å². The van der Waals surface area contributed by atoms with Crippen LogP contribution < -0.4 is 59.1 Å². The summed E-state index contributed by atoms with van der Waals surface area (Å²) in [4.78, 5) is -0.953. The summed E-state index contributed by atoms with van der Waals surface area (Å²) in [6, 6.07) is 27.2. The van der Waals surface area contributed by atoms with Gasteiger partial charge in [-0.25, -0.2) is 0 Å². The largest absolute Gasteiger partial charge is 1.00 e. The Balaban J connectivity index is 0.00000380. The Morgan fingerprint density at radius 3 is 1.11 bits per heavy atom. The minimum absolute atomic E-state index is 0. The van der Waals surface area contributed by atoms with E-state index < -0.39 is 30.0 Å². The van der Waals surface area contributed by atoms with E-state index in [0.717, 1.165) is 11.1 Å². The zero-order valence-corrected chi connectivity index (χ0v) is 26.5. The monoisotopic (exact) mass is 566 g/mol. The van der Waals surface area contributed by atoms with Crippen LogP contribution in [-0.2, 0) is 20.2 Å². The molecule has 6 nitrogen and oxygen atoms in total. The normalized spacial score (nSPS) is 11.7. The second kappa shape index (κ2) is 14.0. The Kier molecular flexibility index (Phi) is 11.9. The number of hydrogen-bond acceptors (Lipinski definition) is 4. The van der Waals surface area contributed by atoms with Crippen molar-refractivity contribution in [1.29, 1.82) is 0 Å². The third-order valence-corrected chi connectivity index (χ3v) is 7.18. The molecule has 4 aromatic carbocycles. The van der Waals surface area contributed by atoms with Crippen LogP contribution in [0.5, 0.6) is 0 Å². The van der Waals surface area contributed by atoms with Crippen molar-refractivity contribution in [1.82, 2.24) is 0 Å². The SMILES string of the molecule is O=S(=O)(O)c1cc(C=Cc2ccccc2)ccc1-c1ccc(C=Cc2ccccc2)cc1S(=O)(=O)O.[H-].[H-].[Na+].[Na+]. The first-order chi connectivity index (χ1) is 17.1. The van der Waals surface area contributed by atoms with Crippen LogP contribution in [0, 0.1) is 0 Å². The summed E-state index contributed by atoms with van der Waals surface area (Å²) in [5.74, 6) is 0. The molecular formula is C28H24Na2O6S2. The van der Waals surface area contributed by atoms with E-state index in [0.29, 0.717) is 11.1 Å². The van der Waals surface area contributed by atoms with Crippen LogP contribution in [0.2, 0.25) is 0 Å². The minimum atomic E-state index is -4.73. The number of hydrogen-bond donors (Lipinski definition) is 2. The van der Waals surface area contributed by atoms with E-state index in [2.05, 4.69) is 0 Å². The smallest absolute Gasteiger partial charge is 1.00 e. The van der Waals surface area contributed by atoms with Crippen LogP contribution in [0.1, 0.15) is 25.1 Å². The standard InChI is InChI=1S/C28H22O6S2.2Na.2H/c29-35(30,31)27-19-23(13-11-21-7-3-1-4-8-21)15-17-25(27)26-18-16-24(20-28(26)36(32,33)34)14-12-22-9-5-2-6-10-22;;;;/h1-20H,(H,29,30,31)(H,32,33,34);;;;/q;2*+1;2*-1. The molecule has 0 spiro atoms. The van der Waals surface area contributed by atoms with Gasteiger partial charge in [0.05, 0.1) is 0 Å². The average Bonchev–Trinajstić information content (AvgIpc) is 2.86. The van der Waals surface area contributed by atoms with Crippen LogP contribution in [0.15, 0.2) is 107 Å².